The fraction of sp³-hybridized carbons (Fsp3) is 0.222. The third-order valence-electron chi connectivity index (χ3n) is 6.52. The number of nitrogens with zero attached hydrogens (tertiary/aromatic N) is 3. The molecule has 0 radical (unpaired) electrons. The second-order valence-corrected chi connectivity index (χ2v) is 8.70. The van der Waals surface area contributed by atoms with E-state index in [1.54, 1.807) is 24.4 Å². The van der Waals surface area contributed by atoms with Crippen molar-refractivity contribution in [1.82, 2.24) is 19.8 Å². The zero-order valence-corrected chi connectivity index (χ0v) is 19.2. The summed E-state index contributed by atoms with van der Waals surface area (Å²) in [6.45, 7) is 2.76. The molecule has 0 saturated heterocycles. The predicted octanol–water partition coefficient (Wildman–Crippen LogP) is 3.78. The van der Waals surface area contributed by atoms with Crippen LogP contribution in [0, 0.1) is 0 Å². The Hall–Kier alpha value is -4.13. The van der Waals surface area contributed by atoms with E-state index in [-0.39, 0.29) is 18.4 Å². The highest BCUT2D eigenvalue weighted by molar-refractivity contribution is 6.03. The third kappa shape index (κ3) is 3.69. The standard InChI is InChI=1S/C27H26N4O3/c1-27(26(33)29-16-21-10-4-6-12-24(21)34-2)18-30-22-11-5-3-9-20(22)14-23(30)25(32)31(27)17-19-8-7-13-28-15-19/h3-15H,16-18H2,1-2H3,(H,29,33)/t27-/m1/s1. The molecule has 2 amide bonds. The molecule has 1 atom stereocenters. The maximum atomic E-state index is 13.8. The highest BCUT2D eigenvalue weighted by Gasteiger charge is 2.47. The fourth-order valence-electron chi connectivity index (χ4n) is 4.64. The second-order valence-electron chi connectivity index (χ2n) is 8.70. The van der Waals surface area contributed by atoms with E-state index in [0.717, 1.165) is 22.0 Å². The van der Waals surface area contributed by atoms with Crippen molar-refractivity contribution in [3.8, 4) is 5.75 Å². The lowest BCUT2D eigenvalue weighted by Crippen LogP contribution is -2.63. The summed E-state index contributed by atoms with van der Waals surface area (Å²) < 4.78 is 7.38. The van der Waals surface area contributed by atoms with Crippen LogP contribution in [-0.4, -0.2) is 38.9 Å². The van der Waals surface area contributed by atoms with Crippen LogP contribution < -0.4 is 10.1 Å². The Morgan fingerprint density at radius 3 is 2.71 bits per heavy atom. The summed E-state index contributed by atoms with van der Waals surface area (Å²) in [7, 11) is 1.61. The Morgan fingerprint density at radius 2 is 1.91 bits per heavy atom. The molecule has 3 heterocycles. The number of carbonyl (C=O) groups is 2. The second kappa shape index (κ2) is 8.67. The Labute approximate surface area is 198 Å². The van der Waals surface area contributed by atoms with Crippen molar-refractivity contribution in [1.29, 1.82) is 0 Å². The number of benzene rings is 2. The number of rotatable bonds is 6. The van der Waals surface area contributed by atoms with Crippen LogP contribution in [0.5, 0.6) is 5.75 Å². The molecule has 4 aromatic rings. The summed E-state index contributed by atoms with van der Waals surface area (Å²) in [6.07, 6.45) is 3.42. The number of amides is 2. The highest BCUT2D eigenvalue weighted by atomic mass is 16.5. The molecule has 5 rings (SSSR count). The Kier molecular flexibility index (Phi) is 5.53. The minimum atomic E-state index is -1.11. The number of nitrogens with one attached hydrogen (secondary N) is 1. The molecule has 0 aliphatic carbocycles. The van der Waals surface area contributed by atoms with Gasteiger partial charge in [0.1, 0.15) is 17.0 Å². The fourth-order valence-corrected chi connectivity index (χ4v) is 4.64. The molecule has 1 aliphatic rings. The van der Waals surface area contributed by atoms with Gasteiger partial charge in [-0.2, -0.15) is 0 Å². The van der Waals surface area contributed by atoms with Crippen LogP contribution in [0.1, 0.15) is 28.5 Å². The van der Waals surface area contributed by atoms with Crippen molar-refractivity contribution < 1.29 is 14.3 Å². The zero-order chi connectivity index (χ0) is 23.7. The number of hydrogen-bond donors (Lipinski definition) is 1. The van der Waals surface area contributed by atoms with Crippen molar-refractivity contribution in [2.45, 2.75) is 32.1 Å². The molecule has 7 nitrogen and oxygen atoms in total. The first kappa shape index (κ1) is 21.7. The van der Waals surface area contributed by atoms with E-state index in [2.05, 4.69) is 10.3 Å². The number of pyridine rings is 1. The van der Waals surface area contributed by atoms with E-state index >= 15 is 0 Å². The molecule has 2 aromatic carbocycles. The minimum absolute atomic E-state index is 0.179. The number of hydrogen-bond acceptors (Lipinski definition) is 4. The van der Waals surface area contributed by atoms with Gasteiger partial charge in [-0.15, -0.1) is 0 Å². The number of fused-ring (bicyclic) bond motifs is 3. The van der Waals surface area contributed by atoms with E-state index in [9.17, 15) is 9.59 Å². The van der Waals surface area contributed by atoms with Crippen LogP contribution in [0.4, 0.5) is 0 Å². The van der Waals surface area contributed by atoms with Gasteiger partial charge in [-0.05, 0) is 36.8 Å². The quantitative estimate of drug-likeness (QED) is 0.481. The van der Waals surface area contributed by atoms with Gasteiger partial charge >= 0.3 is 0 Å². The van der Waals surface area contributed by atoms with Gasteiger partial charge in [0, 0.05) is 41.9 Å². The molecule has 0 bridgehead atoms. The average molecular weight is 455 g/mol. The normalized spacial score (nSPS) is 17.5. The lowest BCUT2D eigenvalue weighted by atomic mass is 9.93. The molecule has 7 heteroatoms. The largest absolute Gasteiger partial charge is 0.496 e. The number of ether oxygens (including phenoxy) is 1. The molecule has 2 aromatic heterocycles. The third-order valence-corrected chi connectivity index (χ3v) is 6.52. The van der Waals surface area contributed by atoms with Crippen molar-refractivity contribution in [2.24, 2.45) is 0 Å². The van der Waals surface area contributed by atoms with Crippen molar-refractivity contribution >= 4 is 22.7 Å². The van der Waals surface area contributed by atoms with Gasteiger partial charge in [-0.3, -0.25) is 14.6 Å². The van der Waals surface area contributed by atoms with Crippen LogP contribution in [-0.2, 0) is 24.4 Å². The summed E-state index contributed by atoms with van der Waals surface area (Å²) in [6, 6.07) is 21.1. The molecular weight excluding hydrogens is 428 g/mol. The molecule has 1 aliphatic heterocycles. The number of aromatic nitrogens is 2. The first-order chi connectivity index (χ1) is 16.5. The Bertz CT molecular complexity index is 1360. The molecule has 0 unspecified atom stereocenters. The summed E-state index contributed by atoms with van der Waals surface area (Å²) in [5.41, 5.74) is 2.15. The van der Waals surface area contributed by atoms with E-state index in [4.69, 9.17) is 4.74 Å². The van der Waals surface area contributed by atoms with E-state index < -0.39 is 5.54 Å². The summed E-state index contributed by atoms with van der Waals surface area (Å²) in [4.78, 5) is 33.3. The molecule has 0 fully saturated rings. The van der Waals surface area contributed by atoms with Crippen LogP contribution in [0.3, 0.4) is 0 Å². The highest BCUT2D eigenvalue weighted by Crippen LogP contribution is 2.33. The average Bonchev–Trinajstić information content (AvgIpc) is 3.24. The first-order valence-electron chi connectivity index (χ1n) is 11.2. The maximum absolute atomic E-state index is 13.8. The van der Waals surface area contributed by atoms with Gasteiger partial charge in [0.2, 0.25) is 5.91 Å². The maximum Gasteiger partial charge on any atom is 0.271 e. The monoisotopic (exact) mass is 454 g/mol. The molecule has 34 heavy (non-hydrogen) atoms. The Morgan fingerprint density at radius 1 is 1.12 bits per heavy atom. The number of carbonyl (C=O) groups excluding carboxylic acids is 2. The van der Waals surface area contributed by atoms with Crippen molar-refractivity contribution in [3.63, 3.8) is 0 Å². The van der Waals surface area contributed by atoms with Crippen molar-refractivity contribution in [2.75, 3.05) is 7.11 Å². The summed E-state index contributed by atoms with van der Waals surface area (Å²) in [5, 5.41) is 4.03. The smallest absolute Gasteiger partial charge is 0.271 e. The van der Waals surface area contributed by atoms with Crippen LogP contribution in [0.15, 0.2) is 79.1 Å². The predicted molar refractivity (Wildman–Crippen MR) is 129 cm³/mol. The Balaban J connectivity index is 1.52. The van der Waals surface area contributed by atoms with Gasteiger partial charge in [-0.25, -0.2) is 0 Å². The van der Waals surface area contributed by atoms with Gasteiger partial charge in [0.15, 0.2) is 0 Å². The van der Waals surface area contributed by atoms with Gasteiger partial charge < -0.3 is 19.5 Å². The van der Waals surface area contributed by atoms with Gasteiger partial charge in [-0.1, -0.05) is 42.5 Å². The molecular formula is C27H26N4O3. The first-order valence-corrected chi connectivity index (χ1v) is 11.2. The topological polar surface area (TPSA) is 76.5 Å². The SMILES string of the molecule is COc1ccccc1CNC(=O)[C@@]1(C)Cn2c(cc3ccccc32)C(=O)N1Cc1cccnc1. The van der Waals surface area contributed by atoms with Crippen molar-refractivity contribution in [3.05, 3.63) is 95.9 Å². The molecule has 0 saturated carbocycles. The van der Waals surface area contributed by atoms with Crippen LogP contribution in [0.25, 0.3) is 10.9 Å². The van der Waals surface area contributed by atoms with Crippen LogP contribution >= 0.6 is 0 Å². The number of methoxy groups -OCH3 is 1. The molecule has 172 valence electrons. The lowest BCUT2D eigenvalue weighted by Gasteiger charge is -2.44. The lowest BCUT2D eigenvalue weighted by molar-refractivity contribution is -0.133. The zero-order valence-electron chi connectivity index (χ0n) is 19.2. The minimum Gasteiger partial charge on any atom is -0.496 e. The van der Waals surface area contributed by atoms with Gasteiger partial charge in [0.25, 0.3) is 5.91 Å². The van der Waals surface area contributed by atoms with Crippen LogP contribution in [0.2, 0.25) is 0 Å². The molecule has 0 spiro atoms. The van der Waals surface area contributed by atoms with E-state index in [0.29, 0.717) is 24.5 Å². The van der Waals surface area contributed by atoms with Gasteiger partial charge in [0.05, 0.1) is 13.7 Å². The number of para-hydroxylation sites is 2. The molecule has 1 N–H and O–H groups in total. The summed E-state index contributed by atoms with van der Waals surface area (Å²) >= 11 is 0. The van der Waals surface area contributed by atoms with E-state index in [1.807, 2.05) is 78.2 Å². The summed E-state index contributed by atoms with van der Waals surface area (Å²) in [5.74, 6) is 0.305. The van der Waals surface area contributed by atoms with E-state index in [1.165, 1.54) is 0 Å².